The van der Waals surface area contributed by atoms with Crippen molar-refractivity contribution < 1.29 is 18.3 Å². The van der Waals surface area contributed by atoms with E-state index in [1.165, 1.54) is 6.07 Å². The molecule has 0 fully saturated rings. The van der Waals surface area contributed by atoms with Crippen LogP contribution in [0.5, 0.6) is 0 Å². The number of aliphatic hydroxyl groups excluding tert-OH is 1. The molecule has 1 aromatic rings. The van der Waals surface area contributed by atoms with Crippen LogP contribution >= 0.6 is 12.4 Å². The van der Waals surface area contributed by atoms with Crippen LogP contribution in [0.25, 0.3) is 0 Å². The van der Waals surface area contributed by atoms with E-state index in [1.807, 2.05) is 0 Å². The quantitative estimate of drug-likeness (QED) is 0.744. The molecule has 6 heteroatoms. The molecule has 1 aliphatic rings. The van der Waals surface area contributed by atoms with E-state index in [4.69, 9.17) is 0 Å². The molecule has 0 aromatic heterocycles. The van der Waals surface area contributed by atoms with Crippen LogP contribution in [0.4, 0.5) is 18.9 Å². The fourth-order valence-electron chi connectivity index (χ4n) is 1.67. The van der Waals surface area contributed by atoms with Crippen LogP contribution in [0.1, 0.15) is 11.1 Å². The van der Waals surface area contributed by atoms with Gasteiger partial charge in [0.2, 0.25) is 0 Å². The molecule has 0 spiro atoms. The number of hydrogen-bond donors (Lipinski definition) is 2. The first-order valence-electron chi connectivity index (χ1n) is 4.59. The van der Waals surface area contributed by atoms with Crippen molar-refractivity contribution in [3.8, 4) is 0 Å². The maximum atomic E-state index is 12.4. The van der Waals surface area contributed by atoms with E-state index in [0.29, 0.717) is 17.8 Å². The van der Waals surface area contributed by atoms with E-state index in [2.05, 4.69) is 5.32 Å². The first-order valence-corrected chi connectivity index (χ1v) is 4.59. The number of rotatable bonds is 0. The van der Waals surface area contributed by atoms with Crippen molar-refractivity contribution in [3.05, 3.63) is 29.3 Å². The highest BCUT2D eigenvalue weighted by Crippen LogP contribution is 2.33. The summed E-state index contributed by atoms with van der Waals surface area (Å²) in [6.07, 6.45) is -4.66. The van der Waals surface area contributed by atoms with Gasteiger partial charge in [0.1, 0.15) is 0 Å². The monoisotopic (exact) mass is 253 g/mol. The van der Waals surface area contributed by atoms with E-state index in [1.54, 1.807) is 0 Å². The SMILES string of the molecule is Cl.OC1CNc2ccc(C(F)(F)F)cc2C1. The molecule has 0 amide bonds. The van der Waals surface area contributed by atoms with E-state index >= 15 is 0 Å². The first-order chi connectivity index (χ1) is 6.97. The predicted molar refractivity (Wildman–Crippen MR) is 56.9 cm³/mol. The van der Waals surface area contributed by atoms with Crippen LogP contribution in [0.2, 0.25) is 0 Å². The fourth-order valence-corrected chi connectivity index (χ4v) is 1.67. The molecule has 0 saturated heterocycles. The van der Waals surface area contributed by atoms with Gasteiger partial charge >= 0.3 is 6.18 Å². The number of anilines is 1. The van der Waals surface area contributed by atoms with Gasteiger partial charge < -0.3 is 10.4 Å². The summed E-state index contributed by atoms with van der Waals surface area (Å²) < 4.78 is 37.1. The van der Waals surface area contributed by atoms with E-state index in [9.17, 15) is 18.3 Å². The van der Waals surface area contributed by atoms with Gasteiger partial charge in [0, 0.05) is 18.7 Å². The minimum Gasteiger partial charge on any atom is -0.391 e. The van der Waals surface area contributed by atoms with Crippen molar-refractivity contribution in [3.63, 3.8) is 0 Å². The Balaban J connectivity index is 0.00000128. The molecular weight excluding hydrogens is 243 g/mol. The van der Waals surface area contributed by atoms with Gasteiger partial charge in [-0.3, -0.25) is 0 Å². The summed E-state index contributed by atoms with van der Waals surface area (Å²) in [5, 5.41) is 12.2. The molecule has 16 heavy (non-hydrogen) atoms. The minimum atomic E-state index is -4.32. The van der Waals surface area contributed by atoms with Gasteiger partial charge in [-0.2, -0.15) is 13.2 Å². The molecule has 1 unspecified atom stereocenters. The summed E-state index contributed by atoms with van der Waals surface area (Å²) in [7, 11) is 0. The van der Waals surface area contributed by atoms with Gasteiger partial charge in [-0.1, -0.05) is 0 Å². The molecule has 2 nitrogen and oxygen atoms in total. The van der Waals surface area contributed by atoms with Crippen LogP contribution in [-0.2, 0) is 12.6 Å². The molecule has 1 atom stereocenters. The summed E-state index contributed by atoms with van der Waals surface area (Å²) in [5.74, 6) is 0. The molecule has 0 saturated carbocycles. The molecule has 90 valence electrons. The Labute approximate surface area is 96.9 Å². The summed E-state index contributed by atoms with van der Waals surface area (Å²) in [6.45, 7) is 0.387. The lowest BCUT2D eigenvalue weighted by atomic mass is 9.99. The number of aliphatic hydroxyl groups is 1. The van der Waals surface area contributed by atoms with Gasteiger partial charge in [0.25, 0.3) is 0 Å². The molecule has 2 N–H and O–H groups in total. The molecule has 1 aromatic carbocycles. The number of fused-ring (bicyclic) bond motifs is 1. The molecule has 1 heterocycles. The van der Waals surface area contributed by atoms with Gasteiger partial charge in [-0.05, 0) is 23.8 Å². The molecular formula is C10H11ClF3NO. The first kappa shape index (κ1) is 13.1. The Morgan fingerprint density at radius 1 is 1.31 bits per heavy atom. The topological polar surface area (TPSA) is 32.3 Å². The lowest BCUT2D eigenvalue weighted by molar-refractivity contribution is -0.137. The van der Waals surface area contributed by atoms with Gasteiger partial charge in [0.15, 0.2) is 0 Å². The van der Waals surface area contributed by atoms with Crippen LogP contribution in [0.3, 0.4) is 0 Å². The van der Waals surface area contributed by atoms with Crippen LogP contribution in [0.15, 0.2) is 18.2 Å². The zero-order valence-electron chi connectivity index (χ0n) is 8.21. The average Bonchev–Trinajstić information content (AvgIpc) is 2.15. The lowest BCUT2D eigenvalue weighted by Crippen LogP contribution is -2.27. The Morgan fingerprint density at radius 2 is 2.00 bits per heavy atom. The Bertz CT molecular complexity index is 381. The molecule has 0 aliphatic carbocycles. The normalized spacial score (nSPS) is 19.4. The maximum Gasteiger partial charge on any atom is 0.416 e. The van der Waals surface area contributed by atoms with E-state index < -0.39 is 17.8 Å². The Hall–Kier alpha value is -0.940. The number of hydrogen-bond acceptors (Lipinski definition) is 2. The average molecular weight is 254 g/mol. The molecule has 0 bridgehead atoms. The van der Waals surface area contributed by atoms with E-state index in [0.717, 1.165) is 12.1 Å². The van der Waals surface area contributed by atoms with Gasteiger partial charge in [0.05, 0.1) is 11.7 Å². The second-order valence-corrected chi connectivity index (χ2v) is 3.61. The number of β-amino-alcohol motifs (C(OH)–C–C–N with tert-alkyl or cyclic N) is 1. The molecule has 0 radical (unpaired) electrons. The third kappa shape index (κ3) is 2.59. The van der Waals surface area contributed by atoms with Crippen LogP contribution in [-0.4, -0.2) is 17.8 Å². The van der Waals surface area contributed by atoms with Crippen molar-refractivity contribution in [1.82, 2.24) is 0 Å². The predicted octanol–water partition coefficient (Wildman–Crippen LogP) is 2.46. The lowest BCUT2D eigenvalue weighted by Gasteiger charge is -2.23. The number of alkyl halides is 3. The Morgan fingerprint density at radius 3 is 2.62 bits per heavy atom. The van der Waals surface area contributed by atoms with Crippen molar-refractivity contribution in [2.75, 3.05) is 11.9 Å². The van der Waals surface area contributed by atoms with Crippen molar-refractivity contribution in [2.24, 2.45) is 0 Å². The highest BCUT2D eigenvalue weighted by molar-refractivity contribution is 5.85. The second kappa shape index (κ2) is 4.51. The highest BCUT2D eigenvalue weighted by Gasteiger charge is 2.31. The standard InChI is InChI=1S/C10H10F3NO.ClH/c11-10(12,13)7-1-2-9-6(3-7)4-8(15)5-14-9;/h1-3,8,14-15H,4-5H2;1H. The van der Waals surface area contributed by atoms with Gasteiger partial charge in [-0.15, -0.1) is 12.4 Å². The van der Waals surface area contributed by atoms with Crippen molar-refractivity contribution in [1.29, 1.82) is 0 Å². The number of halogens is 4. The minimum absolute atomic E-state index is 0. The number of benzene rings is 1. The number of nitrogens with one attached hydrogen (secondary N) is 1. The zero-order valence-corrected chi connectivity index (χ0v) is 9.03. The summed E-state index contributed by atoms with van der Waals surface area (Å²) in [5.41, 5.74) is 0.522. The second-order valence-electron chi connectivity index (χ2n) is 3.61. The third-order valence-electron chi connectivity index (χ3n) is 2.42. The third-order valence-corrected chi connectivity index (χ3v) is 2.42. The van der Waals surface area contributed by atoms with Crippen molar-refractivity contribution in [2.45, 2.75) is 18.7 Å². The summed E-state index contributed by atoms with van der Waals surface area (Å²) in [6, 6.07) is 3.54. The highest BCUT2D eigenvalue weighted by atomic mass is 35.5. The molecule has 2 rings (SSSR count). The zero-order chi connectivity index (χ0) is 11.1. The maximum absolute atomic E-state index is 12.4. The Kier molecular flexibility index (Phi) is 3.70. The smallest absolute Gasteiger partial charge is 0.391 e. The molecule has 1 aliphatic heterocycles. The largest absolute Gasteiger partial charge is 0.416 e. The van der Waals surface area contributed by atoms with E-state index in [-0.39, 0.29) is 18.8 Å². The summed E-state index contributed by atoms with van der Waals surface area (Å²) >= 11 is 0. The van der Waals surface area contributed by atoms with Gasteiger partial charge in [-0.25, -0.2) is 0 Å². The van der Waals surface area contributed by atoms with Crippen LogP contribution in [0, 0.1) is 0 Å². The fraction of sp³-hybridized carbons (Fsp3) is 0.400. The van der Waals surface area contributed by atoms with Crippen molar-refractivity contribution >= 4 is 18.1 Å². The summed E-state index contributed by atoms with van der Waals surface area (Å²) in [4.78, 5) is 0. The van der Waals surface area contributed by atoms with Crippen LogP contribution < -0.4 is 5.32 Å².